The maximum absolute atomic E-state index is 10.2. The molecular formula is C20H28N2O2. The lowest BCUT2D eigenvalue weighted by molar-refractivity contribution is 0.00448. The van der Waals surface area contributed by atoms with Crippen molar-refractivity contribution in [2.45, 2.75) is 50.0 Å². The predicted molar refractivity (Wildman–Crippen MR) is 97.1 cm³/mol. The van der Waals surface area contributed by atoms with Gasteiger partial charge in [-0.05, 0) is 43.2 Å². The molecule has 2 unspecified atom stereocenters. The number of benzene rings is 2. The van der Waals surface area contributed by atoms with Gasteiger partial charge in [-0.1, -0.05) is 60.7 Å². The predicted octanol–water partition coefficient (Wildman–Crippen LogP) is 2.28. The van der Waals surface area contributed by atoms with Crippen LogP contribution in [0.4, 0.5) is 0 Å². The van der Waals surface area contributed by atoms with Crippen LogP contribution in [0.2, 0.25) is 0 Å². The standard InChI is InChI=1S/C20H28N2O2/c21-20(22,17-11-5-2-6-12-17)15-14-19(24)18(23)13-7-10-16-8-3-1-4-9-16/h1-6,8-9,11-12,18-19,23-24H,7,10,13-15,21-22H2. The zero-order chi connectivity index (χ0) is 17.4. The molecule has 4 nitrogen and oxygen atoms in total. The molecule has 2 rings (SSSR count). The van der Waals surface area contributed by atoms with Crippen LogP contribution < -0.4 is 11.5 Å². The van der Waals surface area contributed by atoms with Crippen LogP contribution in [0, 0.1) is 0 Å². The van der Waals surface area contributed by atoms with Gasteiger partial charge in [0.05, 0.1) is 17.9 Å². The summed E-state index contributed by atoms with van der Waals surface area (Å²) < 4.78 is 0. The Balaban J connectivity index is 1.74. The summed E-state index contributed by atoms with van der Waals surface area (Å²) in [5.74, 6) is 0. The lowest BCUT2D eigenvalue weighted by Crippen LogP contribution is -2.47. The minimum absolute atomic E-state index is 0.369. The number of hydrogen-bond acceptors (Lipinski definition) is 4. The maximum Gasteiger partial charge on any atom is 0.0900 e. The van der Waals surface area contributed by atoms with E-state index in [9.17, 15) is 10.2 Å². The van der Waals surface area contributed by atoms with Gasteiger partial charge in [-0.3, -0.25) is 0 Å². The van der Waals surface area contributed by atoms with Gasteiger partial charge in [0.1, 0.15) is 0 Å². The van der Waals surface area contributed by atoms with Gasteiger partial charge < -0.3 is 21.7 Å². The van der Waals surface area contributed by atoms with E-state index in [-0.39, 0.29) is 0 Å². The molecule has 0 aromatic heterocycles. The zero-order valence-corrected chi connectivity index (χ0v) is 14.0. The molecule has 0 spiro atoms. The molecule has 24 heavy (non-hydrogen) atoms. The van der Waals surface area contributed by atoms with Gasteiger partial charge in [-0.25, -0.2) is 0 Å². The maximum atomic E-state index is 10.2. The highest BCUT2D eigenvalue weighted by Gasteiger charge is 2.25. The smallest absolute Gasteiger partial charge is 0.0900 e. The van der Waals surface area contributed by atoms with E-state index in [1.165, 1.54) is 5.56 Å². The Morgan fingerprint density at radius 1 is 0.792 bits per heavy atom. The third-order valence-corrected chi connectivity index (χ3v) is 4.42. The van der Waals surface area contributed by atoms with Crippen molar-refractivity contribution in [2.75, 3.05) is 0 Å². The van der Waals surface area contributed by atoms with E-state index in [0.29, 0.717) is 19.3 Å². The van der Waals surface area contributed by atoms with Gasteiger partial charge >= 0.3 is 0 Å². The van der Waals surface area contributed by atoms with Crippen molar-refractivity contribution in [2.24, 2.45) is 11.5 Å². The Labute approximate surface area is 144 Å². The molecule has 0 bridgehead atoms. The third-order valence-electron chi connectivity index (χ3n) is 4.42. The lowest BCUT2D eigenvalue weighted by atomic mass is 9.92. The molecule has 0 amide bonds. The topological polar surface area (TPSA) is 92.5 Å². The summed E-state index contributed by atoms with van der Waals surface area (Å²) in [6.07, 6.45) is 1.51. The van der Waals surface area contributed by atoms with Crippen LogP contribution in [0.25, 0.3) is 0 Å². The Morgan fingerprint density at radius 2 is 1.33 bits per heavy atom. The molecule has 0 saturated carbocycles. The first-order chi connectivity index (χ1) is 11.5. The van der Waals surface area contributed by atoms with Crippen LogP contribution in [0.5, 0.6) is 0 Å². The van der Waals surface area contributed by atoms with E-state index in [1.807, 2.05) is 48.5 Å². The summed E-state index contributed by atoms with van der Waals surface area (Å²) in [7, 11) is 0. The van der Waals surface area contributed by atoms with Crippen molar-refractivity contribution in [1.29, 1.82) is 0 Å². The van der Waals surface area contributed by atoms with Gasteiger partial charge in [0.15, 0.2) is 0 Å². The van der Waals surface area contributed by atoms with Gasteiger partial charge in [0, 0.05) is 0 Å². The molecular weight excluding hydrogens is 300 g/mol. The van der Waals surface area contributed by atoms with Gasteiger partial charge in [0.2, 0.25) is 0 Å². The highest BCUT2D eigenvalue weighted by Crippen LogP contribution is 2.20. The van der Waals surface area contributed by atoms with Crippen molar-refractivity contribution in [3.05, 3.63) is 71.8 Å². The fraction of sp³-hybridized carbons (Fsp3) is 0.400. The molecule has 0 aliphatic heterocycles. The first-order valence-corrected chi connectivity index (χ1v) is 8.52. The fourth-order valence-corrected chi connectivity index (χ4v) is 2.82. The highest BCUT2D eigenvalue weighted by molar-refractivity contribution is 5.22. The molecule has 0 heterocycles. The molecule has 0 aliphatic carbocycles. The van der Waals surface area contributed by atoms with E-state index in [0.717, 1.165) is 18.4 Å². The van der Waals surface area contributed by atoms with Crippen molar-refractivity contribution >= 4 is 0 Å². The Bertz CT molecular complexity index is 587. The number of aryl methyl sites for hydroxylation is 1. The van der Waals surface area contributed by atoms with E-state index in [2.05, 4.69) is 12.1 Å². The van der Waals surface area contributed by atoms with Gasteiger partial charge in [-0.15, -0.1) is 0 Å². The fourth-order valence-electron chi connectivity index (χ4n) is 2.82. The number of nitrogens with two attached hydrogens (primary N) is 2. The van der Waals surface area contributed by atoms with Crippen molar-refractivity contribution in [3.8, 4) is 0 Å². The van der Waals surface area contributed by atoms with E-state index in [1.54, 1.807) is 0 Å². The Kier molecular flexibility index (Phi) is 6.94. The Hall–Kier alpha value is -1.72. The summed E-state index contributed by atoms with van der Waals surface area (Å²) in [4.78, 5) is 0. The van der Waals surface area contributed by atoms with Gasteiger partial charge in [-0.2, -0.15) is 0 Å². The molecule has 0 radical (unpaired) electrons. The first-order valence-electron chi connectivity index (χ1n) is 8.52. The van der Waals surface area contributed by atoms with Crippen LogP contribution >= 0.6 is 0 Å². The molecule has 6 N–H and O–H groups in total. The molecule has 2 atom stereocenters. The largest absolute Gasteiger partial charge is 0.390 e. The van der Waals surface area contributed by atoms with Crippen LogP contribution in [0.1, 0.15) is 36.8 Å². The van der Waals surface area contributed by atoms with Crippen LogP contribution in [0.15, 0.2) is 60.7 Å². The van der Waals surface area contributed by atoms with E-state index >= 15 is 0 Å². The molecule has 130 valence electrons. The van der Waals surface area contributed by atoms with Gasteiger partial charge in [0.25, 0.3) is 0 Å². The minimum atomic E-state index is -0.994. The second-order valence-electron chi connectivity index (χ2n) is 6.46. The number of aliphatic hydroxyl groups is 2. The van der Waals surface area contributed by atoms with E-state index < -0.39 is 17.9 Å². The summed E-state index contributed by atoms with van der Waals surface area (Å²) in [5.41, 5.74) is 13.4. The zero-order valence-electron chi connectivity index (χ0n) is 14.0. The van der Waals surface area contributed by atoms with Crippen molar-refractivity contribution in [3.63, 3.8) is 0 Å². The SMILES string of the molecule is NC(N)(CCC(O)C(O)CCCc1ccccc1)c1ccccc1. The van der Waals surface area contributed by atoms with Crippen LogP contribution in [0.3, 0.4) is 0 Å². The van der Waals surface area contributed by atoms with Crippen molar-refractivity contribution in [1.82, 2.24) is 0 Å². The minimum Gasteiger partial charge on any atom is -0.390 e. The molecule has 0 aliphatic rings. The van der Waals surface area contributed by atoms with E-state index in [4.69, 9.17) is 11.5 Å². The molecule has 0 fully saturated rings. The molecule has 4 heteroatoms. The number of hydrogen-bond donors (Lipinski definition) is 4. The molecule has 2 aromatic carbocycles. The quantitative estimate of drug-likeness (QED) is 0.531. The second-order valence-corrected chi connectivity index (χ2v) is 6.46. The monoisotopic (exact) mass is 328 g/mol. The average molecular weight is 328 g/mol. The summed E-state index contributed by atoms with van der Waals surface area (Å²) in [6, 6.07) is 19.6. The average Bonchev–Trinajstić information content (AvgIpc) is 2.61. The third kappa shape index (κ3) is 5.73. The number of rotatable bonds is 9. The molecule has 2 aromatic rings. The lowest BCUT2D eigenvalue weighted by Gasteiger charge is -2.27. The Morgan fingerprint density at radius 3 is 1.96 bits per heavy atom. The highest BCUT2D eigenvalue weighted by atomic mass is 16.3. The summed E-state index contributed by atoms with van der Waals surface area (Å²) in [5, 5.41) is 20.3. The van der Waals surface area contributed by atoms with Crippen LogP contribution in [-0.2, 0) is 12.1 Å². The van der Waals surface area contributed by atoms with Crippen molar-refractivity contribution < 1.29 is 10.2 Å². The second kappa shape index (κ2) is 8.94. The summed E-state index contributed by atoms with van der Waals surface area (Å²) >= 11 is 0. The molecule has 0 saturated heterocycles. The first kappa shape index (κ1) is 18.6. The summed E-state index contributed by atoms with van der Waals surface area (Å²) in [6.45, 7) is 0. The van der Waals surface area contributed by atoms with Crippen LogP contribution in [-0.4, -0.2) is 22.4 Å². The number of aliphatic hydroxyl groups excluding tert-OH is 2. The normalized spacial score (nSPS) is 14.3.